The van der Waals surface area contributed by atoms with Crippen LogP contribution < -0.4 is 0 Å². The van der Waals surface area contributed by atoms with Crippen molar-refractivity contribution < 1.29 is 19.4 Å². The van der Waals surface area contributed by atoms with Crippen molar-refractivity contribution in [3.8, 4) is 5.75 Å². The van der Waals surface area contributed by atoms with Crippen molar-refractivity contribution in [2.24, 2.45) is 0 Å². The lowest BCUT2D eigenvalue weighted by Crippen LogP contribution is -2.31. The number of hydrogen-bond acceptors (Lipinski definition) is 4. The minimum Gasteiger partial charge on any atom is -0.508 e. The molecule has 1 unspecified atom stereocenters. The molecule has 1 aromatic carbocycles. The molecule has 1 aromatic rings. The van der Waals surface area contributed by atoms with E-state index >= 15 is 0 Å². The summed E-state index contributed by atoms with van der Waals surface area (Å²) < 4.78 is 10.7. The molecule has 0 aromatic heterocycles. The summed E-state index contributed by atoms with van der Waals surface area (Å²) in [6.45, 7) is 6.10. The number of esters is 1. The van der Waals surface area contributed by atoms with Gasteiger partial charge in [0.05, 0.1) is 12.7 Å². The van der Waals surface area contributed by atoms with Crippen LogP contribution in [0.15, 0.2) is 24.3 Å². The second-order valence-corrected chi connectivity index (χ2v) is 4.72. The lowest BCUT2D eigenvalue weighted by atomic mass is 10.1. The fourth-order valence-electron chi connectivity index (χ4n) is 1.71. The quantitative estimate of drug-likeness (QED) is 0.771. The highest BCUT2D eigenvalue weighted by molar-refractivity contribution is 5.75. The predicted molar refractivity (Wildman–Crippen MR) is 73.1 cm³/mol. The maximum Gasteiger partial charge on any atom is 0.335 e. The third kappa shape index (κ3) is 5.75. The van der Waals surface area contributed by atoms with Crippen LogP contribution >= 0.6 is 0 Å². The molecule has 0 aliphatic carbocycles. The smallest absolute Gasteiger partial charge is 0.335 e. The lowest BCUT2D eigenvalue weighted by molar-refractivity contribution is -0.159. The maximum absolute atomic E-state index is 11.9. The number of benzene rings is 1. The van der Waals surface area contributed by atoms with Crippen LogP contribution in [0, 0.1) is 0 Å². The molecule has 19 heavy (non-hydrogen) atoms. The fourth-order valence-corrected chi connectivity index (χ4v) is 1.71. The van der Waals surface area contributed by atoms with E-state index in [0.717, 1.165) is 12.0 Å². The zero-order chi connectivity index (χ0) is 14.3. The standard InChI is InChI=1S/C15H22O4/c1-4-8-18-15(17)14(19-11(2)3)10-12-6-5-7-13(16)9-12/h5-7,9,11,14,16H,4,8,10H2,1-3H3. The first-order valence-electron chi connectivity index (χ1n) is 6.63. The highest BCUT2D eigenvalue weighted by atomic mass is 16.6. The zero-order valence-corrected chi connectivity index (χ0v) is 11.8. The molecule has 0 fully saturated rings. The minimum atomic E-state index is -0.631. The summed E-state index contributed by atoms with van der Waals surface area (Å²) in [4.78, 5) is 11.9. The number of carbonyl (C=O) groups excluding carboxylic acids is 1. The highest BCUT2D eigenvalue weighted by Gasteiger charge is 2.22. The molecule has 0 spiro atoms. The maximum atomic E-state index is 11.9. The molecular weight excluding hydrogens is 244 g/mol. The number of rotatable bonds is 7. The largest absolute Gasteiger partial charge is 0.508 e. The van der Waals surface area contributed by atoms with E-state index in [1.54, 1.807) is 18.2 Å². The van der Waals surface area contributed by atoms with Gasteiger partial charge in [-0.1, -0.05) is 19.1 Å². The van der Waals surface area contributed by atoms with Crippen LogP contribution in [-0.4, -0.2) is 29.9 Å². The predicted octanol–water partition coefficient (Wildman–Crippen LogP) is 2.68. The highest BCUT2D eigenvalue weighted by Crippen LogP contribution is 2.15. The Kier molecular flexibility index (Phi) is 6.36. The van der Waals surface area contributed by atoms with E-state index in [4.69, 9.17) is 9.47 Å². The van der Waals surface area contributed by atoms with Crippen molar-refractivity contribution in [1.82, 2.24) is 0 Å². The van der Waals surface area contributed by atoms with Gasteiger partial charge in [-0.2, -0.15) is 0 Å². The van der Waals surface area contributed by atoms with Gasteiger partial charge in [-0.15, -0.1) is 0 Å². The van der Waals surface area contributed by atoms with Crippen LogP contribution in [0.3, 0.4) is 0 Å². The van der Waals surface area contributed by atoms with E-state index in [9.17, 15) is 9.90 Å². The Morgan fingerprint density at radius 1 is 1.37 bits per heavy atom. The number of aromatic hydroxyl groups is 1. The van der Waals surface area contributed by atoms with E-state index in [0.29, 0.717) is 13.0 Å². The normalized spacial score (nSPS) is 12.4. The van der Waals surface area contributed by atoms with E-state index in [1.807, 2.05) is 26.8 Å². The molecule has 106 valence electrons. The topological polar surface area (TPSA) is 55.8 Å². The van der Waals surface area contributed by atoms with Crippen molar-refractivity contribution in [2.45, 2.75) is 45.8 Å². The molecule has 1 rings (SSSR count). The summed E-state index contributed by atoms with van der Waals surface area (Å²) >= 11 is 0. The summed E-state index contributed by atoms with van der Waals surface area (Å²) in [5.74, 6) is -0.165. The Labute approximate surface area is 114 Å². The van der Waals surface area contributed by atoms with Crippen molar-refractivity contribution >= 4 is 5.97 Å². The Morgan fingerprint density at radius 3 is 2.68 bits per heavy atom. The van der Waals surface area contributed by atoms with E-state index in [1.165, 1.54) is 0 Å². The summed E-state index contributed by atoms with van der Waals surface area (Å²) in [7, 11) is 0. The molecule has 0 saturated carbocycles. The van der Waals surface area contributed by atoms with Gasteiger partial charge in [0.25, 0.3) is 0 Å². The molecule has 0 amide bonds. The average Bonchev–Trinajstić information content (AvgIpc) is 2.34. The van der Waals surface area contributed by atoms with Crippen LogP contribution in [-0.2, 0) is 20.7 Å². The molecule has 4 heteroatoms. The van der Waals surface area contributed by atoms with E-state index in [-0.39, 0.29) is 17.8 Å². The Morgan fingerprint density at radius 2 is 2.11 bits per heavy atom. The van der Waals surface area contributed by atoms with Crippen molar-refractivity contribution in [1.29, 1.82) is 0 Å². The van der Waals surface area contributed by atoms with Gasteiger partial charge in [-0.05, 0) is 38.0 Å². The summed E-state index contributed by atoms with van der Waals surface area (Å²) in [6, 6.07) is 6.82. The van der Waals surface area contributed by atoms with Crippen molar-refractivity contribution in [2.75, 3.05) is 6.61 Å². The van der Waals surface area contributed by atoms with Crippen LogP contribution in [0.2, 0.25) is 0 Å². The molecule has 0 radical (unpaired) electrons. The molecule has 1 atom stereocenters. The SMILES string of the molecule is CCCOC(=O)C(Cc1cccc(O)c1)OC(C)C. The molecule has 0 aliphatic heterocycles. The Balaban J connectivity index is 2.71. The van der Waals surface area contributed by atoms with Gasteiger partial charge in [0.15, 0.2) is 6.10 Å². The second kappa shape index (κ2) is 7.79. The first-order chi connectivity index (χ1) is 9.02. The molecule has 4 nitrogen and oxygen atoms in total. The number of carbonyl (C=O) groups is 1. The van der Waals surface area contributed by atoms with Crippen LogP contribution in [0.1, 0.15) is 32.8 Å². The summed E-state index contributed by atoms with van der Waals surface area (Å²) in [6.07, 6.45) is 0.492. The Hall–Kier alpha value is -1.55. The molecule has 0 bridgehead atoms. The third-order valence-electron chi connectivity index (χ3n) is 2.48. The third-order valence-corrected chi connectivity index (χ3v) is 2.48. The summed E-state index contributed by atoms with van der Waals surface area (Å²) in [5, 5.41) is 9.43. The first-order valence-corrected chi connectivity index (χ1v) is 6.63. The molecule has 0 saturated heterocycles. The number of phenols is 1. The molecular formula is C15H22O4. The van der Waals surface area contributed by atoms with Gasteiger partial charge < -0.3 is 14.6 Å². The molecule has 0 aliphatic rings. The van der Waals surface area contributed by atoms with E-state index in [2.05, 4.69) is 0 Å². The minimum absolute atomic E-state index is 0.0588. The van der Waals surface area contributed by atoms with Gasteiger partial charge in [0, 0.05) is 6.42 Å². The van der Waals surface area contributed by atoms with Crippen molar-refractivity contribution in [3.05, 3.63) is 29.8 Å². The summed E-state index contributed by atoms with van der Waals surface area (Å²) in [5.41, 5.74) is 0.846. The van der Waals surface area contributed by atoms with Gasteiger partial charge in [0.1, 0.15) is 5.75 Å². The molecule has 0 heterocycles. The van der Waals surface area contributed by atoms with Gasteiger partial charge in [-0.25, -0.2) is 4.79 Å². The Bertz CT molecular complexity index is 401. The van der Waals surface area contributed by atoms with Crippen LogP contribution in [0.25, 0.3) is 0 Å². The van der Waals surface area contributed by atoms with Gasteiger partial charge in [-0.3, -0.25) is 0 Å². The van der Waals surface area contributed by atoms with Crippen LogP contribution in [0.5, 0.6) is 5.75 Å². The second-order valence-electron chi connectivity index (χ2n) is 4.72. The first kappa shape index (κ1) is 15.5. The van der Waals surface area contributed by atoms with Gasteiger partial charge in [0.2, 0.25) is 0 Å². The number of hydrogen-bond donors (Lipinski definition) is 1. The fraction of sp³-hybridized carbons (Fsp3) is 0.533. The van der Waals surface area contributed by atoms with Gasteiger partial charge >= 0.3 is 5.97 Å². The van der Waals surface area contributed by atoms with E-state index < -0.39 is 6.10 Å². The lowest BCUT2D eigenvalue weighted by Gasteiger charge is -2.19. The van der Waals surface area contributed by atoms with Crippen LogP contribution in [0.4, 0.5) is 0 Å². The zero-order valence-electron chi connectivity index (χ0n) is 11.8. The monoisotopic (exact) mass is 266 g/mol. The number of phenolic OH excluding ortho intramolecular Hbond substituents is 1. The molecule has 1 N–H and O–H groups in total. The van der Waals surface area contributed by atoms with Crippen molar-refractivity contribution in [3.63, 3.8) is 0 Å². The number of ether oxygens (including phenoxy) is 2. The average molecular weight is 266 g/mol.